The average molecular weight is 401 g/mol. The van der Waals surface area contributed by atoms with Crippen LogP contribution < -0.4 is 0 Å². The Morgan fingerprint density at radius 1 is 0.846 bits per heavy atom. The SMILES string of the molecule is C[Si](C)(C)[Si](C)(C)C(C=C1C2CC3CC(C2)CC1C3)Sc1ccccc1. The van der Waals surface area contributed by atoms with Crippen molar-refractivity contribution in [2.75, 3.05) is 0 Å². The standard InChI is InChI=1S/C23H36SSi2/c1-25(2,3)26(4,5)23(24-21-9-7-6-8-10-21)16-22-19-12-17-11-18(14-19)15-20(22)13-17/h6-10,16-20,23H,11-15H2,1-5H3. The number of benzene rings is 1. The zero-order valence-corrected chi connectivity index (χ0v) is 20.1. The Labute approximate surface area is 167 Å². The summed E-state index contributed by atoms with van der Waals surface area (Å²) in [5.74, 6) is 4.02. The van der Waals surface area contributed by atoms with Crippen LogP contribution in [0.5, 0.6) is 0 Å². The van der Waals surface area contributed by atoms with Crippen molar-refractivity contribution in [3.05, 3.63) is 42.0 Å². The van der Waals surface area contributed by atoms with Gasteiger partial charge in [-0.3, -0.25) is 0 Å². The molecule has 1 atom stereocenters. The van der Waals surface area contributed by atoms with E-state index < -0.39 is 15.2 Å². The molecule has 0 N–H and O–H groups in total. The van der Waals surface area contributed by atoms with Gasteiger partial charge in [0.15, 0.2) is 0 Å². The average Bonchev–Trinajstić information content (AvgIpc) is 2.56. The molecule has 4 saturated carbocycles. The normalized spacial score (nSPS) is 32.0. The van der Waals surface area contributed by atoms with Crippen LogP contribution in [0.15, 0.2) is 46.9 Å². The first kappa shape index (κ1) is 19.1. The monoisotopic (exact) mass is 400 g/mol. The molecule has 0 saturated heterocycles. The van der Waals surface area contributed by atoms with Gasteiger partial charge in [-0.2, -0.15) is 0 Å². The molecule has 1 aromatic rings. The van der Waals surface area contributed by atoms with Crippen molar-refractivity contribution < 1.29 is 0 Å². The molecular formula is C23H36SSi2. The molecule has 0 amide bonds. The van der Waals surface area contributed by atoms with E-state index >= 15 is 0 Å². The Bertz CT molecular complexity index is 641. The van der Waals surface area contributed by atoms with Crippen LogP contribution in [-0.2, 0) is 0 Å². The van der Waals surface area contributed by atoms with Crippen molar-refractivity contribution in [3.8, 4) is 0 Å². The molecule has 4 bridgehead atoms. The van der Waals surface area contributed by atoms with Gasteiger partial charge in [0.25, 0.3) is 0 Å². The Balaban J connectivity index is 1.67. The van der Waals surface area contributed by atoms with E-state index in [0.717, 1.165) is 28.5 Å². The maximum atomic E-state index is 2.86. The summed E-state index contributed by atoms with van der Waals surface area (Å²) in [4.78, 5) is 2.21. The first-order chi connectivity index (χ1) is 12.2. The third kappa shape index (κ3) is 3.56. The summed E-state index contributed by atoms with van der Waals surface area (Å²) in [6.45, 7) is 13.2. The second-order valence-corrected chi connectivity index (χ2v) is 29.4. The van der Waals surface area contributed by atoms with Crippen LogP contribution in [0.25, 0.3) is 0 Å². The lowest BCUT2D eigenvalue weighted by Crippen LogP contribution is -2.59. The van der Waals surface area contributed by atoms with Gasteiger partial charge in [0, 0.05) is 17.4 Å². The molecule has 5 rings (SSSR count). The summed E-state index contributed by atoms with van der Waals surface area (Å²) in [5.41, 5.74) is 1.91. The smallest absolute Gasteiger partial charge is 0.0608 e. The van der Waals surface area contributed by atoms with Crippen LogP contribution in [-0.4, -0.2) is 20.1 Å². The topological polar surface area (TPSA) is 0 Å². The van der Waals surface area contributed by atoms with E-state index in [9.17, 15) is 0 Å². The lowest BCUT2D eigenvalue weighted by molar-refractivity contribution is 0.0694. The molecule has 1 unspecified atom stereocenters. The van der Waals surface area contributed by atoms with Crippen LogP contribution in [0.4, 0.5) is 0 Å². The first-order valence-electron chi connectivity index (χ1n) is 10.7. The van der Waals surface area contributed by atoms with Crippen LogP contribution in [0.2, 0.25) is 32.7 Å². The highest BCUT2D eigenvalue weighted by atomic mass is 32.2. The number of rotatable bonds is 5. The quantitative estimate of drug-likeness (QED) is 0.286. The number of hydrogen-bond donors (Lipinski definition) is 0. The van der Waals surface area contributed by atoms with Crippen molar-refractivity contribution in [1.82, 2.24) is 0 Å². The van der Waals surface area contributed by atoms with E-state index in [1.54, 1.807) is 6.42 Å². The van der Waals surface area contributed by atoms with Crippen molar-refractivity contribution >= 4 is 26.9 Å². The molecule has 142 valence electrons. The number of thioether (sulfide) groups is 1. The van der Waals surface area contributed by atoms with Gasteiger partial charge in [-0.05, 0) is 67.9 Å². The molecule has 26 heavy (non-hydrogen) atoms. The highest BCUT2D eigenvalue weighted by molar-refractivity contribution is 8.02. The van der Waals surface area contributed by atoms with Gasteiger partial charge in [0.1, 0.15) is 0 Å². The molecule has 0 aliphatic heterocycles. The predicted molar refractivity (Wildman–Crippen MR) is 122 cm³/mol. The molecule has 4 aliphatic rings. The predicted octanol–water partition coefficient (Wildman–Crippen LogP) is 7.19. The van der Waals surface area contributed by atoms with E-state index in [2.05, 4.69) is 80.9 Å². The Morgan fingerprint density at radius 3 is 1.88 bits per heavy atom. The van der Waals surface area contributed by atoms with E-state index in [0.29, 0.717) is 0 Å². The van der Waals surface area contributed by atoms with Gasteiger partial charge >= 0.3 is 0 Å². The van der Waals surface area contributed by atoms with Crippen molar-refractivity contribution in [2.45, 2.75) is 74.6 Å². The summed E-state index contributed by atoms with van der Waals surface area (Å²) >= 11 is 2.19. The van der Waals surface area contributed by atoms with Crippen LogP contribution in [0.3, 0.4) is 0 Å². The first-order valence-corrected chi connectivity index (χ1v) is 19.1. The van der Waals surface area contributed by atoms with Gasteiger partial charge < -0.3 is 0 Å². The zero-order valence-electron chi connectivity index (χ0n) is 17.3. The van der Waals surface area contributed by atoms with Gasteiger partial charge in [0.05, 0.1) is 7.59 Å². The minimum Gasteiger partial charge on any atom is -0.122 e. The molecule has 0 nitrogen and oxygen atoms in total. The Morgan fingerprint density at radius 2 is 1.38 bits per heavy atom. The zero-order chi connectivity index (χ0) is 18.5. The minimum atomic E-state index is -1.33. The van der Waals surface area contributed by atoms with Crippen LogP contribution in [0.1, 0.15) is 32.1 Å². The lowest BCUT2D eigenvalue weighted by Gasteiger charge is -2.52. The summed E-state index contributed by atoms with van der Waals surface area (Å²) in [7, 11) is -2.48. The maximum Gasteiger partial charge on any atom is 0.0608 e. The molecule has 4 aliphatic carbocycles. The van der Waals surface area contributed by atoms with Crippen molar-refractivity contribution in [2.24, 2.45) is 23.7 Å². The third-order valence-electron chi connectivity index (χ3n) is 8.08. The van der Waals surface area contributed by atoms with Gasteiger partial charge in [-0.15, -0.1) is 11.8 Å². The minimum absolute atomic E-state index is 0.740. The van der Waals surface area contributed by atoms with E-state index in [-0.39, 0.29) is 0 Å². The summed E-state index contributed by atoms with van der Waals surface area (Å²) in [5, 5.41) is 0. The molecule has 0 spiro atoms. The molecule has 0 aromatic heterocycles. The highest BCUT2D eigenvalue weighted by Crippen LogP contribution is 2.57. The van der Waals surface area contributed by atoms with Crippen LogP contribution >= 0.6 is 11.8 Å². The van der Waals surface area contributed by atoms with Gasteiger partial charge in [-0.1, -0.05) is 62.6 Å². The Kier molecular flexibility index (Phi) is 5.11. The lowest BCUT2D eigenvalue weighted by atomic mass is 9.54. The van der Waals surface area contributed by atoms with Crippen molar-refractivity contribution in [3.63, 3.8) is 0 Å². The number of allylic oxidation sites excluding steroid dienone is 1. The highest BCUT2D eigenvalue weighted by Gasteiger charge is 2.47. The van der Waals surface area contributed by atoms with Crippen molar-refractivity contribution in [1.29, 1.82) is 0 Å². The maximum absolute atomic E-state index is 2.86. The molecule has 4 fully saturated rings. The molecule has 3 heteroatoms. The third-order valence-corrected chi connectivity index (χ3v) is 29.7. The number of hydrogen-bond acceptors (Lipinski definition) is 1. The summed E-state index contributed by atoms with van der Waals surface area (Å²) in [6, 6.07) is 11.2. The Hall–Kier alpha value is -0.256. The van der Waals surface area contributed by atoms with Gasteiger partial charge in [0.2, 0.25) is 0 Å². The molecule has 0 heterocycles. The fraction of sp³-hybridized carbons (Fsp3) is 0.652. The van der Waals surface area contributed by atoms with E-state index in [4.69, 9.17) is 0 Å². The second kappa shape index (κ2) is 6.97. The van der Waals surface area contributed by atoms with Gasteiger partial charge in [-0.25, -0.2) is 0 Å². The second-order valence-electron chi connectivity index (χ2n) is 10.8. The van der Waals surface area contributed by atoms with E-state index in [1.165, 1.54) is 30.6 Å². The van der Waals surface area contributed by atoms with E-state index in [1.807, 2.05) is 5.57 Å². The summed E-state index contributed by atoms with van der Waals surface area (Å²) in [6.07, 6.45) is 10.5. The largest absolute Gasteiger partial charge is 0.122 e. The fourth-order valence-electron chi connectivity index (χ4n) is 5.64. The molecule has 0 radical (unpaired) electrons. The molecule has 1 aromatic carbocycles. The fourth-order valence-corrected chi connectivity index (χ4v) is 16.0. The van der Waals surface area contributed by atoms with Crippen LogP contribution in [0, 0.1) is 23.7 Å². The molecular weight excluding hydrogens is 364 g/mol. The summed E-state index contributed by atoms with van der Waals surface area (Å²) < 4.78 is 0.